The molecule has 112 valence electrons. The number of hydrogen-bond acceptors (Lipinski definition) is 4. The number of thiophene rings is 1. The van der Waals surface area contributed by atoms with E-state index in [1.54, 1.807) is 0 Å². The van der Waals surface area contributed by atoms with Gasteiger partial charge < -0.3 is 5.32 Å². The molecule has 21 heavy (non-hydrogen) atoms. The zero-order chi connectivity index (χ0) is 15.2. The van der Waals surface area contributed by atoms with Crippen LogP contribution in [-0.4, -0.2) is 31.9 Å². The monoisotopic (exact) mass is 343 g/mol. The van der Waals surface area contributed by atoms with Crippen molar-refractivity contribution in [3.63, 3.8) is 0 Å². The van der Waals surface area contributed by atoms with Crippen LogP contribution in [0.5, 0.6) is 0 Å². The van der Waals surface area contributed by atoms with Crippen LogP contribution in [0.25, 0.3) is 10.1 Å². The highest BCUT2D eigenvalue weighted by atomic mass is 35.5. The highest BCUT2D eigenvalue weighted by Gasteiger charge is 2.30. The number of carbonyl (C=O) groups excluding carboxylic acids is 1. The fourth-order valence-electron chi connectivity index (χ4n) is 2.48. The zero-order valence-corrected chi connectivity index (χ0v) is 13.7. The van der Waals surface area contributed by atoms with Gasteiger partial charge in [0.25, 0.3) is 5.91 Å². The van der Waals surface area contributed by atoms with Gasteiger partial charge in [-0.05, 0) is 25.0 Å². The molecule has 1 N–H and O–H groups in total. The molecule has 1 atom stereocenters. The van der Waals surface area contributed by atoms with Crippen LogP contribution in [0.2, 0.25) is 5.02 Å². The summed E-state index contributed by atoms with van der Waals surface area (Å²) in [6, 6.07) is 5.53. The highest BCUT2D eigenvalue weighted by Crippen LogP contribution is 2.35. The topological polar surface area (TPSA) is 63.2 Å². The van der Waals surface area contributed by atoms with Crippen LogP contribution in [0.15, 0.2) is 18.2 Å². The maximum Gasteiger partial charge on any atom is 0.263 e. The van der Waals surface area contributed by atoms with Crippen molar-refractivity contribution in [2.24, 2.45) is 0 Å². The highest BCUT2D eigenvalue weighted by molar-refractivity contribution is 7.91. The minimum atomic E-state index is -3.01. The maximum absolute atomic E-state index is 12.3. The summed E-state index contributed by atoms with van der Waals surface area (Å²) in [5.41, 5.74) is 1.11. The average Bonchev–Trinajstić information content (AvgIpc) is 2.90. The van der Waals surface area contributed by atoms with Crippen LogP contribution < -0.4 is 5.32 Å². The molecule has 2 aromatic rings. The lowest BCUT2D eigenvalue weighted by Gasteiger charge is -2.09. The minimum Gasteiger partial charge on any atom is -0.348 e. The molecule has 1 aromatic carbocycles. The third-order valence-electron chi connectivity index (χ3n) is 3.56. The second-order valence-electron chi connectivity index (χ2n) is 5.32. The smallest absolute Gasteiger partial charge is 0.263 e. The van der Waals surface area contributed by atoms with Crippen LogP contribution >= 0.6 is 22.9 Å². The number of carbonyl (C=O) groups is 1. The van der Waals surface area contributed by atoms with Crippen molar-refractivity contribution in [3.8, 4) is 0 Å². The van der Waals surface area contributed by atoms with Crippen molar-refractivity contribution in [1.82, 2.24) is 5.32 Å². The molecule has 3 rings (SSSR count). The Labute approximate surface area is 132 Å². The second kappa shape index (κ2) is 5.26. The van der Waals surface area contributed by atoms with E-state index in [1.165, 1.54) is 11.3 Å². The molecule has 0 spiro atoms. The Balaban J connectivity index is 1.87. The van der Waals surface area contributed by atoms with Crippen LogP contribution in [0.1, 0.15) is 21.7 Å². The molecular weight excluding hydrogens is 330 g/mol. The van der Waals surface area contributed by atoms with Gasteiger partial charge in [0, 0.05) is 16.1 Å². The number of sulfone groups is 1. The number of amides is 1. The van der Waals surface area contributed by atoms with Crippen LogP contribution in [0.4, 0.5) is 0 Å². The Morgan fingerprint density at radius 3 is 2.86 bits per heavy atom. The van der Waals surface area contributed by atoms with Crippen LogP contribution in [0.3, 0.4) is 0 Å². The Morgan fingerprint density at radius 1 is 1.43 bits per heavy atom. The lowest BCUT2D eigenvalue weighted by Crippen LogP contribution is -2.35. The summed E-state index contributed by atoms with van der Waals surface area (Å²) >= 11 is 7.61. The number of aryl methyl sites for hydroxylation is 1. The van der Waals surface area contributed by atoms with Crippen molar-refractivity contribution in [2.75, 3.05) is 11.5 Å². The molecular formula is C14H14ClNO3S2. The molecule has 7 heteroatoms. The van der Waals surface area contributed by atoms with Crippen LogP contribution in [-0.2, 0) is 9.84 Å². The largest absolute Gasteiger partial charge is 0.348 e. The normalized spacial score (nSPS) is 20.8. The van der Waals surface area contributed by atoms with E-state index >= 15 is 0 Å². The first-order valence-electron chi connectivity index (χ1n) is 6.56. The molecule has 0 radical (unpaired) electrons. The fourth-order valence-corrected chi connectivity index (χ4v) is 5.67. The van der Waals surface area contributed by atoms with Gasteiger partial charge in [0.2, 0.25) is 0 Å². The Hall–Kier alpha value is -1.11. The van der Waals surface area contributed by atoms with Gasteiger partial charge in [0.15, 0.2) is 9.84 Å². The molecule has 1 aliphatic rings. The van der Waals surface area contributed by atoms with Gasteiger partial charge in [0.05, 0.1) is 16.5 Å². The van der Waals surface area contributed by atoms with Gasteiger partial charge in [-0.3, -0.25) is 4.79 Å². The van der Waals surface area contributed by atoms with E-state index in [9.17, 15) is 13.2 Å². The van der Waals surface area contributed by atoms with Gasteiger partial charge >= 0.3 is 0 Å². The van der Waals surface area contributed by atoms with Gasteiger partial charge in [-0.15, -0.1) is 11.3 Å². The quantitative estimate of drug-likeness (QED) is 0.912. The van der Waals surface area contributed by atoms with Gasteiger partial charge in [0.1, 0.15) is 4.88 Å². The molecule has 2 heterocycles. The van der Waals surface area contributed by atoms with Crippen molar-refractivity contribution in [2.45, 2.75) is 19.4 Å². The number of fused-ring (bicyclic) bond motifs is 1. The van der Waals surface area contributed by atoms with Gasteiger partial charge in [-0.25, -0.2) is 8.42 Å². The molecule has 0 unspecified atom stereocenters. The summed E-state index contributed by atoms with van der Waals surface area (Å²) in [7, 11) is -3.01. The molecule has 1 aromatic heterocycles. The Kier molecular flexibility index (Phi) is 3.71. The summed E-state index contributed by atoms with van der Waals surface area (Å²) in [4.78, 5) is 12.8. The number of rotatable bonds is 2. The minimum absolute atomic E-state index is 0.0142. The molecule has 1 fully saturated rings. The fraction of sp³-hybridized carbons (Fsp3) is 0.357. The van der Waals surface area contributed by atoms with E-state index in [2.05, 4.69) is 5.32 Å². The molecule has 0 saturated carbocycles. The SMILES string of the molecule is Cc1ccc2c(Cl)c(C(=O)N[C@@H]3CCS(=O)(=O)C3)sc2c1. The van der Waals surface area contributed by atoms with Crippen LogP contribution in [0, 0.1) is 6.92 Å². The predicted molar refractivity (Wildman–Crippen MR) is 86.1 cm³/mol. The van der Waals surface area contributed by atoms with E-state index in [4.69, 9.17) is 11.6 Å². The third-order valence-corrected chi connectivity index (χ3v) is 6.98. The number of nitrogens with one attached hydrogen (secondary N) is 1. The Morgan fingerprint density at radius 2 is 2.19 bits per heavy atom. The average molecular weight is 344 g/mol. The summed E-state index contributed by atoms with van der Waals surface area (Å²) in [5.74, 6) is -0.140. The standard InChI is InChI=1S/C14H14ClNO3S2/c1-8-2-3-10-11(6-8)20-13(12(10)15)14(17)16-9-4-5-21(18,19)7-9/h2-3,6,9H,4-5,7H2,1H3,(H,16,17)/t9-/m1/s1. The first-order valence-corrected chi connectivity index (χ1v) is 9.57. The molecule has 0 aliphatic carbocycles. The van der Waals surface area contributed by atoms with E-state index < -0.39 is 9.84 Å². The van der Waals surface area contributed by atoms with E-state index in [1.807, 2.05) is 25.1 Å². The number of hydrogen-bond donors (Lipinski definition) is 1. The predicted octanol–water partition coefficient (Wildman–Crippen LogP) is 2.78. The van der Waals surface area contributed by atoms with Crippen molar-refractivity contribution in [1.29, 1.82) is 0 Å². The molecule has 1 saturated heterocycles. The summed E-state index contributed by atoms with van der Waals surface area (Å²) in [6.07, 6.45) is 0.468. The van der Waals surface area contributed by atoms with Gasteiger partial charge in [-0.2, -0.15) is 0 Å². The van der Waals surface area contributed by atoms with Crippen molar-refractivity contribution < 1.29 is 13.2 Å². The molecule has 0 bridgehead atoms. The third kappa shape index (κ3) is 2.93. The van der Waals surface area contributed by atoms with E-state index in [-0.39, 0.29) is 23.5 Å². The summed E-state index contributed by atoms with van der Waals surface area (Å²) < 4.78 is 23.8. The van der Waals surface area contributed by atoms with E-state index in [0.29, 0.717) is 16.3 Å². The Bertz CT molecular complexity index is 826. The first-order chi connectivity index (χ1) is 9.85. The second-order valence-corrected chi connectivity index (χ2v) is 8.98. The number of halogens is 1. The van der Waals surface area contributed by atoms with Crippen molar-refractivity contribution >= 4 is 48.8 Å². The molecule has 1 amide bonds. The number of benzene rings is 1. The first kappa shape index (κ1) is 14.8. The molecule has 4 nitrogen and oxygen atoms in total. The lowest BCUT2D eigenvalue weighted by molar-refractivity contribution is 0.0945. The lowest BCUT2D eigenvalue weighted by atomic mass is 10.2. The maximum atomic E-state index is 12.3. The van der Waals surface area contributed by atoms with Gasteiger partial charge in [-0.1, -0.05) is 23.7 Å². The zero-order valence-electron chi connectivity index (χ0n) is 11.3. The summed E-state index contributed by atoms with van der Waals surface area (Å²) in [5, 5.41) is 4.07. The van der Waals surface area contributed by atoms with E-state index in [0.717, 1.165) is 15.6 Å². The summed E-state index contributed by atoms with van der Waals surface area (Å²) in [6.45, 7) is 1.98. The van der Waals surface area contributed by atoms with Crippen molar-refractivity contribution in [3.05, 3.63) is 33.7 Å². The molecule has 1 aliphatic heterocycles.